The van der Waals surface area contributed by atoms with Crippen molar-refractivity contribution in [3.8, 4) is 0 Å². The molecule has 0 N–H and O–H groups in total. The van der Waals surface area contributed by atoms with E-state index < -0.39 is 11.6 Å². The zero-order valence-corrected chi connectivity index (χ0v) is 15.5. The van der Waals surface area contributed by atoms with Crippen LogP contribution in [-0.4, -0.2) is 52.0 Å². The van der Waals surface area contributed by atoms with Gasteiger partial charge in [-0.1, -0.05) is 5.16 Å². The summed E-state index contributed by atoms with van der Waals surface area (Å²) in [5.74, 6) is -0.139. The lowest BCUT2D eigenvalue weighted by Gasteiger charge is -2.37. The number of benzene rings is 1. The molecule has 3 aliphatic rings. The van der Waals surface area contributed by atoms with Gasteiger partial charge in [-0.2, -0.15) is 4.98 Å². The van der Waals surface area contributed by atoms with Crippen LogP contribution in [-0.2, 0) is 0 Å². The van der Waals surface area contributed by atoms with Crippen molar-refractivity contribution in [2.45, 2.75) is 37.6 Å². The summed E-state index contributed by atoms with van der Waals surface area (Å²) in [6.07, 6.45) is 4.83. The Morgan fingerprint density at radius 1 is 1.18 bits per heavy atom. The zero-order chi connectivity index (χ0) is 19.3. The Hall–Kier alpha value is -2.35. The van der Waals surface area contributed by atoms with E-state index in [1.165, 1.54) is 18.9 Å². The third-order valence-corrected chi connectivity index (χ3v) is 6.00. The minimum atomic E-state index is -1.02. The number of aromatic nitrogens is 2. The van der Waals surface area contributed by atoms with Gasteiger partial charge >= 0.3 is 0 Å². The second-order valence-corrected chi connectivity index (χ2v) is 8.12. The average Bonchev–Trinajstić information content (AvgIpc) is 3.13. The molecular weight excluding hydrogens is 366 g/mol. The summed E-state index contributed by atoms with van der Waals surface area (Å²) in [6, 6.07) is 3.42. The molecule has 6 nitrogen and oxygen atoms in total. The van der Waals surface area contributed by atoms with E-state index in [1.807, 2.05) is 0 Å². The van der Waals surface area contributed by atoms with Crippen LogP contribution >= 0.6 is 0 Å². The molecule has 1 aromatic carbocycles. The molecule has 1 atom stereocenters. The molecule has 28 heavy (non-hydrogen) atoms. The molecule has 1 aliphatic carbocycles. The minimum Gasteiger partial charge on any atom is -0.338 e. The predicted octanol–water partition coefficient (Wildman–Crippen LogP) is 3.13. The highest BCUT2D eigenvalue weighted by atomic mass is 19.2. The fourth-order valence-electron chi connectivity index (χ4n) is 4.12. The van der Waals surface area contributed by atoms with Crippen molar-refractivity contribution < 1.29 is 18.1 Å². The van der Waals surface area contributed by atoms with Crippen LogP contribution in [0.4, 0.5) is 8.78 Å². The largest absolute Gasteiger partial charge is 0.338 e. The topological polar surface area (TPSA) is 62.5 Å². The van der Waals surface area contributed by atoms with E-state index in [1.54, 1.807) is 4.90 Å². The van der Waals surface area contributed by atoms with Gasteiger partial charge in [0.05, 0.1) is 12.0 Å². The molecule has 8 heteroatoms. The maximum absolute atomic E-state index is 13.3. The number of halogens is 2. The van der Waals surface area contributed by atoms with Gasteiger partial charge in [0.15, 0.2) is 17.5 Å². The van der Waals surface area contributed by atoms with E-state index in [2.05, 4.69) is 15.0 Å². The molecule has 1 saturated carbocycles. The van der Waals surface area contributed by atoms with E-state index in [0.29, 0.717) is 24.8 Å². The predicted molar refractivity (Wildman–Crippen MR) is 95.6 cm³/mol. The van der Waals surface area contributed by atoms with Crippen molar-refractivity contribution in [3.05, 3.63) is 47.1 Å². The van der Waals surface area contributed by atoms with Crippen LogP contribution < -0.4 is 0 Å². The maximum atomic E-state index is 13.3. The van der Waals surface area contributed by atoms with Crippen molar-refractivity contribution in [2.24, 2.45) is 5.92 Å². The van der Waals surface area contributed by atoms with Gasteiger partial charge in [0.25, 0.3) is 5.91 Å². The Labute approximate surface area is 161 Å². The van der Waals surface area contributed by atoms with Gasteiger partial charge in [0, 0.05) is 25.2 Å². The van der Waals surface area contributed by atoms with Crippen LogP contribution in [0.1, 0.15) is 59.7 Å². The normalized spacial score (nSPS) is 23.2. The van der Waals surface area contributed by atoms with Gasteiger partial charge in [0.1, 0.15) is 0 Å². The lowest BCUT2D eigenvalue weighted by atomic mass is 9.98. The SMILES string of the molecule is O=C(c1ccc(F)c(F)c1)N1CC(c2noc(C3CCCN3CC3CC3)n2)C1. The van der Waals surface area contributed by atoms with Crippen LogP contribution in [0.2, 0.25) is 0 Å². The first-order valence-corrected chi connectivity index (χ1v) is 9.90. The van der Waals surface area contributed by atoms with Crippen molar-refractivity contribution in [1.29, 1.82) is 0 Å². The molecule has 5 rings (SSSR count). The van der Waals surface area contributed by atoms with E-state index >= 15 is 0 Å². The first kappa shape index (κ1) is 17.7. The van der Waals surface area contributed by atoms with E-state index in [0.717, 1.165) is 44.0 Å². The monoisotopic (exact) mass is 388 g/mol. The summed E-state index contributed by atoms with van der Waals surface area (Å²) in [7, 11) is 0. The van der Waals surface area contributed by atoms with Gasteiger partial charge in [-0.15, -0.1) is 0 Å². The highest BCUT2D eigenvalue weighted by Gasteiger charge is 2.38. The van der Waals surface area contributed by atoms with Crippen LogP contribution in [0, 0.1) is 17.6 Å². The van der Waals surface area contributed by atoms with Crippen LogP contribution in [0.3, 0.4) is 0 Å². The number of hydrogen-bond acceptors (Lipinski definition) is 5. The van der Waals surface area contributed by atoms with E-state index in [-0.39, 0.29) is 23.4 Å². The zero-order valence-electron chi connectivity index (χ0n) is 15.5. The number of carbonyl (C=O) groups excluding carboxylic acids is 1. The Balaban J connectivity index is 1.21. The summed E-state index contributed by atoms with van der Waals surface area (Å²) in [5, 5.41) is 4.14. The van der Waals surface area contributed by atoms with Gasteiger partial charge in [0.2, 0.25) is 5.89 Å². The summed E-state index contributed by atoms with van der Waals surface area (Å²) in [5.41, 5.74) is 0.146. The molecule has 1 amide bonds. The molecule has 1 aromatic heterocycles. The summed E-state index contributed by atoms with van der Waals surface area (Å²) in [4.78, 5) is 21.1. The fourth-order valence-corrected chi connectivity index (χ4v) is 4.12. The molecule has 0 radical (unpaired) electrons. The van der Waals surface area contributed by atoms with Gasteiger partial charge in [-0.3, -0.25) is 9.69 Å². The molecular formula is C20H22F2N4O2. The van der Waals surface area contributed by atoms with Crippen molar-refractivity contribution in [1.82, 2.24) is 19.9 Å². The van der Waals surface area contributed by atoms with Crippen molar-refractivity contribution in [3.63, 3.8) is 0 Å². The van der Waals surface area contributed by atoms with Crippen LogP contribution in [0.5, 0.6) is 0 Å². The second kappa shape index (κ2) is 6.92. The summed E-state index contributed by atoms with van der Waals surface area (Å²) in [6.45, 7) is 3.10. The van der Waals surface area contributed by atoms with Gasteiger partial charge in [-0.05, 0) is 56.3 Å². The summed E-state index contributed by atoms with van der Waals surface area (Å²) >= 11 is 0. The highest BCUT2D eigenvalue weighted by molar-refractivity contribution is 5.94. The van der Waals surface area contributed by atoms with Gasteiger partial charge < -0.3 is 9.42 Å². The smallest absolute Gasteiger partial charge is 0.254 e. The summed E-state index contributed by atoms with van der Waals surface area (Å²) < 4.78 is 31.9. The fraction of sp³-hybridized carbons (Fsp3) is 0.550. The molecule has 0 spiro atoms. The number of hydrogen-bond donors (Lipinski definition) is 0. The molecule has 3 heterocycles. The van der Waals surface area contributed by atoms with E-state index in [4.69, 9.17) is 4.52 Å². The minimum absolute atomic E-state index is 0.0185. The Morgan fingerprint density at radius 2 is 2.00 bits per heavy atom. The molecule has 2 saturated heterocycles. The molecule has 148 valence electrons. The first-order chi connectivity index (χ1) is 13.6. The molecule has 0 bridgehead atoms. The highest BCUT2D eigenvalue weighted by Crippen LogP contribution is 2.37. The molecule has 2 aromatic rings. The first-order valence-electron chi connectivity index (χ1n) is 9.90. The number of amides is 1. The third-order valence-electron chi connectivity index (χ3n) is 6.00. The second-order valence-electron chi connectivity index (χ2n) is 8.12. The van der Waals surface area contributed by atoms with Gasteiger partial charge in [-0.25, -0.2) is 8.78 Å². The molecule has 2 aliphatic heterocycles. The van der Waals surface area contributed by atoms with Crippen LogP contribution in [0.25, 0.3) is 0 Å². The molecule has 1 unspecified atom stereocenters. The van der Waals surface area contributed by atoms with Crippen molar-refractivity contribution in [2.75, 3.05) is 26.2 Å². The lowest BCUT2D eigenvalue weighted by molar-refractivity contribution is 0.0591. The Bertz CT molecular complexity index is 892. The number of rotatable bonds is 5. The molecule has 3 fully saturated rings. The number of nitrogens with zero attached hydrogens (tertiary/aromatic N) is 4. The van der Waals surface area contributed by atoms with Crippen LogP contribution in [0.15, 0.2) is 22.7 Å². The average molecular weight is 388 g/mol. The van der Waals surface area contributed by atoms with Crippen molar-refractivity contribution >= 4 is 5.91 Å². The third kappa shape index (κ3) is 3.30. The lowest BCUT2D eigenvalue weighted by Crippen LogP contribution is -2.48. The number of likely N-dealkylation sites (tertiary alicyclic amines) is 2. The Kier molecular flexibility index (Phi) is 4.38. The maximum Gasteiger partial charge on any atom is 0.254 e. The Morgan fingerprint density at radius 3 is 2.75 bits per heavy atom. The van der Waals surface area contributed by atoms with E-state index in [9.17, 15) is 13.6 Å². The quantitative estimate of drug-likeness (QED) is 0.788. The number of carbonyl (C=O) groups is 1. The standard InChI is InChI=1S/C20H22F2N4O2/c21-15-6-5-13(8-16(15)22)20(27)26-10-14(11-26)18-23-19(28-24-18)17-2-1-7-25(17)9-12-3-4-12/h5-6,8,12,14,17H,1-4,7,9-11H2.